The Hall–Kier alpha value is -3.74. The monoisotopic (exact) mass is 598 g/mol. The van der Waals surface area contributed by atoms with E-state index >= 15 is 4.39 Å². The highest BCUT2D eigenvalue weighted by Gasteiger charge is 2.54. The molecule has 1 N–H and O–H groups in total. The summed E-state index contributed by atoms with van der Waals surface area (Å²) in [5.74, 6) is -0.643. The third-order valence-electron chi connectivity index (χ3n) is 7.98. The van der Waals surface area contributed by atoms with E-state index in [1.54, 1.807) is 24.3 Å². The van der Waals surface area contributed by atoms with Gasteiger partial charge in [-0.3, -0.25) is 4.79 Å². The fourth-order valence-electron chi connectivity index (χ4n) is 5.76. The van der Waals surface area contributed by atoms with E-state index < -0.39 is 27.2 Å². The Morgan fingerprint density at radius 2 is 1.79 bits per heavy atom. The predicted molar refractivity (Wildman–Crippen MR) is 155 cm³/mol. The Balaban J connectivity index is 1.55. The van der Waals surface area contributed by atoms with E-state index in [1.807, 2.05) is 0 Å². The molecule has 1 saturated heterocycles. The van der Waals surface area contributed by atoms with Crippen molar-refractivity contribution in [3.05, 3.63) is 77.5 Å². The molecular formula is C30H35FN4O6S. The zero-order valence-corrected chi connectivity index (χ0v) is 24.7. The molecule has 0 aromatic heterocycles. The van der Waals surface area contributed by atoms with Gasteiger partial charge >= 0.3 is 0 Å². The number of fused-ring (bicyclic) bond motifs is 1. The van der Waals surface area contributed by atoms with Crippen molar-refractivity contribution in [2.45, 2.75) is 29.6 Å². The van der Waals surface area contributed by atoms with Crippen molar-refractivity contribution in [3.63, 3.8) is 0 Å². The van der Waals surface area contributed by atoms with Gasteiger partial charge in [0.1, 0.15) is 33.4 Å². The molecule has 1 unspecified atom stereocenters. The van der Waals surface area contributed by atoms with Crippen LogP contribution in [0.4, 0.5) is 4.39 Å². The molecule has 2 aromatic carbocycles. The minimum atomic E-state index is -4.37. The smallest absolute Gasteiger partial charge is 0.273 e. The first-order valence-corrected chi connectivity index (χ1v) is 15.3. The molecule has 0 saturated carbocycles. The summed E-state index contributed by atoms with van der Waals surface area (Å²) in [5, 5.41) is 3.34. The molecule has 0 spiro atoms. The topological polar surface area (TPSA) is 110 Å². The highest BCUT2D eigenvalue weighted by molar-refractivity contribution is 7.90. The molecule has 12 heteroatoms. The van der Waals surface area contributed by atoms with Crippen LogP contribution in [0.15, 0.2) is 76.0 Å². The molecule has 1 fully saturated rings. The number of carbonyl (C=O) groups excluding carboxylic acids is 1. The zero-order chi connectivity index (χ0) is 29.9. The van der Waals surface area contributed by atoms with Crippen molar-refractivity contribution in [1.82, 2.24) is 14.5 Å². The van der Waals surface area contributed by atoms with Gasteiger partial charge in [0.2, 0.25) is 0 Å². The van der Waals surface area contributed by atoms with Gasteiger partial charge in [0.25, 0.3) is 15.9 Å². The first kappa shape index (κ1) is 29.7. The number of hydrogen-bond acceptors (Lipinski definition) is 8. The van der Waals surface area contributed by atoms with Gasteiger partial charge in [-0.15, -0.1) is 0 Å². The third kappa shape index (κ3) is 5.30. The number of nitrogens with zero attached hydrogens (tertiary/aromatic N) is 3. The minimum absolute atomic E-state index is 0.0519. The molecule has 2 aromatic rings. The average Bonchev–Trinajstić information content (AvgIpc) is 3.30. The Morgan fingerprint density at radius 1 is 1.02 bits per heavy atom. The van der Waals surface area contributed by atoms with E-state index in [2.05, 4.69) is 15.2 Å². The van der Waals surface area contributed by atoms with Crippen LogP contribution < -0.4 is 14.8 Å². The molecule has 42 heavy (non-hydrogen) atoms. The lowest BCUT2D eigenvalue weighted by Gasteiger charge is -2.34. The Labute approximate surface area is 245 Å². The summed E-state index contributed by atoms with van der Waals surface area (Å²) in [7, 11) is -0.150. The molecule has 5 rings (SSSR count). The van der Waals surface area contributed by atoms with Crippen molar-refractivity contribution in [2.24, 2.45) is 4.99 Å². The Kier molecular flexibility index (Phi) is 8.67. The highest BCUT2D eigenvalue weighted by Crippen LogP contribution is 2.48. The lowest BCUT2D eigenvalue weighted by molar-refractivity contribution is -0.121. The van der Waals surface area contributed by atoms with Crippen molar-refractivity contribution >= 4 is 21.8 Å². The number of benzene rings is 2. The zero-order valence-electron chi connectivity index (χ0n) is 23.9. The molecule has 1 amide bonds. The second kappa shape index (κ2) is 12.2. The van der Waals surface area contributed by atoms with E-state index in [1.165, 1.54) is 51.8 Å². The number of sulfonamides is 1. The number of aliphatic imine (C=N–C) groups is 1. The van der Waals surface area contributed by atoms with Crippen LogP contribution in [0.1, 0.15) is 24.8 Å². The Morgan fingerprint density at radius 3 is 2.48 bits per heavy atom. The summed E-state index contributed by atoms with van der Waals surface area (Å²) in [6, 6.07) is 10.4. The van der Waals surface area contributed by atoms with Crippen molar-refractivity contribution < 1.29 is 31.8 Å². The number of carbonyl (C=O) groups is 1. The maximum Gasteiger partial charge on any atom is 0.273 e. The van der Waals surface area contributed by atoms with E-state index in [-0.39, 0.29) is 39.8 Å². The summed E-state index contributed by atoms with van der Waals surface area (Å²) < 4.78 is 60.8. The first-order chi connectivity index (χ1) is 20.3. The van der Waals surface area contributed by atoms with Crippen molar-refractivity contribution in [3.8, 4) is 11.5 Å². The second-order valence-electron chi connectivity index (χ2n) is 10.3. The van der Waals surface area contributed by atoms with Gasteiger partial charge < -0.3 is 24.4 Å². The van der Waals surface area contributed by atoms with Gasteiger partial charge in [-0.1, -0.05) is 24.6 Å². The second-order valence-corrected chi connectivity index (χ2v) is 12.1. The van der Waals surface area contributed by atoms with Crippen molar-refractivity contribution in [2.75, 3.05) is 54.1 Å². The highest BCUT2D eigenvalue weighted by atomic mass is 32.2. The van der Waals surface area contributed by atoms with Crippen LogP contribution in [-0.4, -0.2) is 83.4 Å². The number of unbranched alkanes of at least 4 members (excludes halogenated alkanes) is 1. The largest absolute Gasteiger partial charge is 0.497 e. The van der Waals surface area contributed by atoms with Crippen LogP contribution in [0.3, 0.4) is 0 Å². The SMILES string of the molecule is COC1=CN(S(=O)(=O)c2ccc(OC)cc2OC)C2=NC(=O)C(CCCCN3CCNCC3)(c3ccccc3F)C2=C1. The number of methoxy groups -OCH3 is 3. The average molecular weight is 599 g/mol. The van der Waals surface area contributed by atoms with Crippen LogP contribution in [-0.2, 0) is 25.0 Å². The number of allylic oxidation sites excluding steroid dienone is 1. The number of rotatable bonds is 11. The van der Waals surface area contributed by atoms with Gasteiger partial charge in [0.05, 0.1) is 27.5 Å². The van der Waals surface area contributed by atoms with E-state index in [0.717, 1.165) is 43.4 Å². The maximum atomic E-state index is 15.5. The third-order valence-corrected chi connectivity index (χ3v) is 9.67. The lowest BCUT2D eigenvalue weighted by Crippen LogP contribution is -2.44. The summed E-state index contributed by atoms with van der Waals surface area (Å²) in [4.78, 5) is 20.5. The summed E-state index contributed by atoms with van der Waals surface area (Å²) in [6.07, 6.45) is 4.47. The van der Waals surface area contributed by atoms with Crippen molar-refractivity contribution in [1.29, 1.82) is 0 Å². The Bertz CT molecular complexity index is 1550. The number of piperazine rings is 1. The number of ether oxygens (including phenoxy) is 3. The molecule has 224 valence electrons. The number of halogens is 1. The van der Waals surface area contributed by atoms with Gasteiger partial charge in [-0.2, -0.15) is 4.99 Å². The standard InChI is InChI=1S/C30H35FN4O6S/c1-39-21-10-11-27(26(19-21)41-3)42(37,38)35-20-22(40-2)18-24-28(35)33-29(36)30(24,23-8-4-5-9-25(23)31)12-6-7-15-34-16-13-32-14-17-34/h4-5,8-11,18-20,32H,6-7,12-17H2,1-3H3. The van der Waals surface area contributed by atoms with E-state index in [4.69, 9.17) is 14.2 Å². The molecule has 3 aliphatic rings. The molecular weight excluding hydrogens is 563 g/mol. The van der Waals surface area contributed by atoms with Gasteiger partial charge in [-0.05, 0) is 43.7 Å². The molecule has 1 atom stereocenters. The molecule has 0 radical (unpaired) electrons. The molecule has 0 bridgehead atoms. The van der Waals surface area contributed by atoms with E-state index in [9.17, 15) is 13.2 Å². The van der Waals surface area contributed by atoms with Gasteiger partial charge in [-0.25, -0.2) is 17.1 Å². The molecule has 10 nitrogen and oxygen atoms in total. The predicted octanol–water partition coefficient (Wildman–Crippen LogP) is 3.21. The quantitative estimate of drug-likeness (QED) is 0.393. The maximum absolute atomic E-state index is 15.5. The fraction of sp³-hybridized carbons (Fsp3) is 0.400. The summed E-state index contributed by atoms with van der Waals surface area (Å²) in [6.45, 7) is 4.59. The van der Waals surface area contributed by atoms with Gasteiger partial charge in [0.15, 0.2) is 5.84 Å². The van der Waals surface area contributed by atoms with Crippen LogP contribution >= 0.6 is 0 Å². The molecule has 3 aliphatic heterocycles. The number of amidine groups is 1. The lowest BCUT2D eigenvalue weighted by atomic mass is 9.70. The van der Waals surface area contributed by atoms with Crippen LogP contribution in [0.25, 0.3) is 0 Å². The summed E-state index contributed by atoms with van der Waals surface area (Å²) >= 11 is 0. The van der Waals surface area contributed by atoms with Crippen LogP contribution in [0.2, 0.25) is 0 Å². The molecule has 0 aliphatic carbocycles. The minimum Gasteiger partial charge on any atom is -0.497 e. The van der Waals surface area contributed by atoms with E-state index in [0.29, 0.717) is 12.2 Å². The van der Waals surface area contributed by atoms with Crippen LogP contribution in [0.5, 0.6) is 11.5 Å². The first-order valence-electron chi connectivity index (χ1n) is 13.8. The number of hydrogen-bond donors (Lipinski definition) is 1. The normalized spacial score (nSPS) is 20.9. The number of amides is 1. The van der Waals surface area contributed by atoms with Gasteiger partial charge in [0, 0.05) is 43.4 Å². The summed E-state index contributed by atoms with van der Waals surface area (Å²) in [5.41, 5.74) is -1.10. The fourth-order valence-corrected chi connectivity index (χ4v) is 7.22. The van der Waals surface area contributed by atoms with Crippen LogP contribution in [0, 0.1) is 5.82 Å². The number of nitrogens with one attached hydrogen (secondary N) is 1. The molecule has 3 heterocycles.